The van der Waals surface area contributed by atoms with Crippen LogP contribution in [0.4, 0.5) is 26.3 Å². The molecular formula is C15H10ClF6N3O2. The first-order chi connectivity index (χ1) is 12.4. The molecule has 5 nitrogen and oxygen atoms in total. The van der Waals surface area contributed by atoms with Crippen LogP contribution in [-0.2, 0) is 18.9 Å². The van der Waals surface area contributed by atoms with Crippen LogP contribution in [0, 0.1) is 0 Å². The lowest BCUT2D eigenvalue weighted by molar-refractivity contribution is -0.141. The first kappa shape index (κ1) is 20.7. The second-order valence-corrected chi connectivity index (χ2v) is 5.49. The lowest BCUT2D eigenvalue weighted by Crippen LogP contribution is -2.25. The summed E-state index contributed by atoms with van der Waals surface area (Å²) in [5.41, 5.74) is -2.66. The molecular weight excluding hydrogens is 404 g/mol. The number of carbonyl (C=O) groups is 1. The van der Waals surface area contributed by atoms with E-state index in [0.29, 0.717) is 18.3 Å². The number of alkyl halides is 6. The maximum absolute atomic E-state index is 12.6. The van der Waals surface area contributed by atoms with E-state index in [9.17, 15) is 31.1 Å². The van der Waals surface area contributed by atoms with Crippen LogP contribution in [0.5, 0.6) is 5.88 Å². The molecule has 0 saturated carbocycles. The Balaban J connectivity index is 2.17. The summed E-state index contributed by atoms with van der Waals surface area (Å²) in [5, 5.41) is 1.95. The number of hydrogen-bond donors (Lipinski definition) is 1. The zero-order valence-electron chi connectivity index (χ0n) is 13.4. The fourth-order valence-electron chi connectivity index (χ4n) is 1.94. The van der Waals surface area contributed by atoms with Crippen LogP contribution in [-0.4, -0.2) is 23.0 Å². The fourth-order valence-corrected chi connectivity index (χ4v) is 2.17. The van der Waals surface area contributed by atoms with Crippen molar-refractivity contribution in [3.05, 3.63) is 51.9 Å². The first-order valence-corrected chi connectivity index (χ1v) is 7.43. The summed E-state index contributed by atoms with van der Waals surface area (Å²) in [6.45, 7) is -0.361. The van der Waals surface area contributed by atoms with Crippen LogP contribution >= 0.6 is 11.6 Å². The van der Waals surface area contributed by atoms with E-state index in [1.165, 1.54) is 0 Å². The molecule has 0 aliphatic carbocycles. The standard InChI is InChI=1S/C15H10ClF6N3O2/c1-27-13-8(2-3-11(25-13)15(20,21)22)12(26)24-6-10-9(16)4-7(5-23-10)14(17,18)19/h2-5H,6H2,1H3,(H,24,26). The molecule has 0 atom stereocenters. The highest BCUT2D eigenvalue weighted by atomic mass is 35.5. The van der Waals surface area contributed by atoms with Gasteiger partial charge in [-0.3, -0.25) is 9.78 Å². The van der Waals surface area contributed by atoms with E-state index < -0.39 is 35.4 Å². The molecule has 0 saturated heterocycles. The number of aromatic nitrogens is 2. The lowest BCUT2D eigenvalue weighted by atomic mass is 10.2. The van der Waals surface area contributed by atoms with Gasteiger partial charge in [-0.2, -0.15) is 26.3 Å². The average molecular weight is 414 g/mol. The number of hydrogen-bond acceptors (Lipinski definition) is 4. The number of halogens is 7. The Bertz CT molecular complexity index is 854. The van der Waals surface area contributed by atoms with Gasteiger partial charge in [0.15, 0.2) is 0 Å². The van der Waals surface area contributed by atoms with Crippen molar-refractivity contribution < 1.29 is 35.9 Å². The van der Waals surface area contributed by atoms with Crippen LogP contribution < -0.4 is 10.1 Å². The first-order valence-electron chi connectivity index (χ1n) is 7.05. The Morgan fingerprint density at radius 2 is 1.85 bits per heavy atom. The highest BCUT2D eigenvalue weighted by molar-refractivity contribution is 6.31. The Labute approximate surface area is 153 Å². The zero-order chi connectivity index (χ0) is 20.4. The average Bonchev–Trinajstić information content (AvgIpc) is 2.58. The fraction of sp³-hybridized carbons (Fsp3) is 0.267. The van der Waals surface area contributed by atoms with E-state index in [-0.39, 0.29) is 22.8 Å². The van der Waals surface area contributed by atoms with Crippen LogP contribution in [0.15, 0.2) is 24.4 Å². The predicted molar refractivity (Wildman–Crippen MR) is 81.2 cm³/mol. The van der Waals surface area contributed by atoms with Gasteiger partial charge in [0, 0.05) is 6.20 Å². The van der Waals surface area contributed by atoms with E-state index in [2.05, 4.69) is 15.3 Å². The SMILES string of the molecule is COc1nc(C(F)(F)F)ccc1C(=O)NCc1ncc(C(F)(F)F)cc1Cl. The number of carbonyl (C=O) groups excluding carboxylic acids is 1. The molecule has 2 aromatic rings. The maximum Gasteiger partial charge on any atom is 0.433 e. The summed E-state index contributed by atoms with van der Waals surface area (Å²) in [6, 6.07) is 2.11. The second kappa shape index (κ2) is 7.59. The number of methoxy groups -OCH3 is 1. The summed E-state index contributed by atoms with van der Waals surface area (Å²) in [7, 11) is 1.04. The van der Waals surface area contributed by atoms with Gasteiger partial charge in [-0.15, -0.1) is 0 Å². The van der Waals surface area contributed by atoms with E-state index in [1.807, 2.05) is 0 Å². The minimum Gasteiger partial charge on any atom is -0.480 e. The third-order valence-corrected chi connectivity index (χ3v) is 3.58. The Hall–Kier alpha value is -2.56. The van der Waals surface area contributed by atoms with E-state index >= 15 is 0 Å². The van der Waals surface area contributed by atoms with Gasteiger partial charge in [0.2, 0.25) is 5.88 Å². The van der Waals surface area contributed by atoms with E-state index in [1.54, 1.807) is 0 Å². The molecule has 2 rings (SSSR count). The van der Waals surface area contributed by atoms with Crippen molar-refractivity contribution >= 4 is 17.5 Å². The molecule has 2 aromatic heterocycles. The summed E-state index contributed by atoms with van der Waals surface area (Å²) in [5.74, 6) is -1.43. The molecule has 12 heteroatoms. The number of amides is 1. The number of nitrogens with zero attached hydrogens (tertiary/aromatic N) is 2. The molecule has 1 amide bonds. The Morgan fingerprint density at radius 3 is 2.37 bits per heavy atom. The summed E-state index contributed by atoms with van der Waals surface area (Å²) in [6.07, 6.45) is -8.80. The van der Waals surface area contributed by atoms with Crippen molar-refractivity contribution in [2.24, 2.45) is 0 Å². The molecule has 0 aliphatic heterocycles. The largest absolute Gasteiger partial charge is 0.480 e. The predicted octanol–water partition coefficient (Wildman–Crippen LogP) is 4.11. The van der Waals surface area contributed by atoms with Crippen molar-refractivity contribution in [3.8, 4) is 5.88 Å². The van der Waals surface area contributed by atoms with E-state index in [0.717, 1.165) is 13.2 Å². The maximum atomic E-state index is 12.6. The van der Waals surface area contributed by atoms with Crippen molar-refractivity contribution in [3.63, 3.8) is 0 Å². The van der Waals surface area contributed by atoms with Gasteiger partial charge < -0.3 is 10.1 Å². The number of pyridine rings is 2. The molecule has 1 N–H and O–H groups in total. The van der Waals surface area contributed by atoms with Crippen LogP contribution in [0.3, 0.4) is 0 Å². The number of nitrogens with one attached hydrogen (secondary N) is 1. The van der Waals surface area contributed by atoms with Crippen molar-refractivity contribution in [2.45, 2.75) is 18.9 Å². The Morgan fingerprint density at radius 1 is 1.19 bits per heavy atom. The minimum absolute atomic E-state index is 0.0585. The highest BCUT2D eigenvalue weighted by Gasteiger charge is 2.34. The third kappa shape index (κ3) is 5.00. The molecule has 0 unspecified atom stereocenters. The number of rotatable bonds is 4. The van der Waals surface area contributed by atoms with Crippen molar-refractivity contribution in [1.82, 2.24) is 15.3 Å². The third-order valence-electron chi connectivity index (χ3n) is 3.25. The topological polar surface area (TPSA) is 64.1 Å². The second-order valence-electron chi connectivity index (χ2n) is 5.08. The van der Waals surface area contributed by atoms with E-state index in [4.69, 9.17) is 16.3 Å². The van der Waals surface area contributed by atoms with Gasteiger partial charge in [0.05, 0.1) is 29.9 Å². The Kier molecular flexibility index (Phi) is 5.83. The molecule has 2 heterocycles. The molecule has 146 valence electrons. The molecule has 0 radical (unpaired) electrons. The van der Waals surface area contributed by atoms with Gasteiger partial charge in [-0.25, -0.2) is 4.98 Å². The van der Waals surface area contributed by atoms with Gasteiger partial charge in [-0.1, -0.05) is 11.6 Å². The van der Waals surface area contributed by atoms with Gasteiger partial charge in [-0.05, 0) is 18.2 Å². The highest BCUT2D eigenvalue weighted by Crippen LogP contribution is 2.31. The summed E-state index contributed by atoms with van der Waals surface area (Å²) in [4.78, 5) is 18.9. The minimum atomic E-state index is -4.72. The van der Waals surface area contributed by atoms with Gasteiger partial charge in [0.25, 0.3) is 5.91 Å². The van der Waals surface area contributed by atoms with Crippen LogP contribution in [0.2, 0.25) is 5.02 Å². The summed E-state index contributed by atoms with van der Waals surface area (Å²) < 4.78 is 80.3. The molecule has 0 spiro atoms. The zero-order valence-corrected chi connectivity index (χ0v) is 14.1. The van der Waals surface area contributed by atoms with Crippen molar-refractivity contribution in [1.29, 1.82) is 0 Å². The normalized spacial score (nSPS) is 12.0. The van der Waals surface area contributed by atoms with Crippen LogP contribution in [0.25, 0.3) is 0 Å². The van der Waals surface area contributed by atoms with Gasteiger partial charge in [0.1, 0.15) is 11.3 Å². The monoisotopic (exact) mass is 413 g/mol. The van der Waals surface area contributed by atoms with Crippen LogP contribution in [0.1, 0.15) is 27.3 Å². The molecule has 0 aliphatic rings. The molecule has 0 fully saturated rings. The quantitative estimate of drug-likeness (QED) is 0.766. The summed E-state index contributed by atoms with van der Waals surface area (Å²) >= 11 is 5.72. The van der Waals surface area contributed by atoms with Gasteiger partial charge >= 0.3 is 12.4 Å². The number of ether oxygens (including phenoxy) is 1. The smallest absolute Gasteiger partial charge is 0.433 e. The molecule has 27 heavy (non-hydrogen) atoms. The molecule has 0 bridgehead atoms. The van der Waals surface area contributed by atoms with Crippen molar-refractivity contribution in [2.75, 3.05) is 7.11 Å². The molecule has 0 aromatic carbocycles. The lowest BCUT2D eigenvalue weighted by Gasteiger charge is -2.12.